The summed E-state index contributed by atoms with van der Waals surface area (Å²) in [5.41, 5.74) is 2.41. The number of hydrogen-bond donors (Lipinski definition) is 1. The molecule has 0 unspecified atom stereocenters. The molecule has 4 nitrogen and oxygen atoms in total. The lowest BCUT2D eigenvalue weighted by atomic mass is 9.68. The van der Waals surface area contributed by atoms with Gasteiger partial charge in [0, 0.05) is 31.7 Å². The van der Waals surface area contributed by atoms with Crippen LogP contribution in [0.2, 0.25) is 0 Å². The Balaban J connectivity index is 1.45. The molecule has 0 bridgehead atoms. The quantitative estimate of drug-likeness (QED) is 0.874. The van der Waals surface area contributed by atoms with Gasteiger partial charge in [-0.2, -0.15) is 0 Å². The highest BCUT2D eigenvalue weighted by molar-refractivity contribution is 5.94. The van der Waals surface area contributed by atoms with Gasteiger partial charge in [-0.3, -0.25) is 4.79 Å². The fourth-order valence-electron chi connectivity index (χ4n) is 5.02. The minimum Gasteiger partial charge on any atom is -0.508 e. The lowest BCUT2D eigenvalue weighted by Gasteiger charge is -2.50. The van der Waals surface area contributed by atoms with Gasteiger partial charge < -0.3 is 14.9 Å². The Morgan fingerprint density at radius 1 is 1.07 bits per heavy atom. The Kier molecular flexibility index (Phi) is 5.40. The normalized spacial score (nSPS) is 22.3. The van der Waals surface area contributed by atoms with Gasteiger partial charge in [0.2, 0.25) is 0 Å². The minimum absolute atomic E-state index is 0.0811. The van der Waals surface area contributed by atoms with Crippen molar-refractivity contribution in [2.24, 2.45) is 5.41 Å². The van der Waals surface area contributed by atoms with E-state index >= 15 is 0 Å². The minimum atomic E-state index is 0.0811. The molecule has 0 saturated carbocycles. The maximum Gasteiger partial charge on any atom is 0.253 e. The first kappa shape index (κ1) is 19.0. The third kappa shape index (κ3) is 3.93. The van der Waals surface area contributed by atoms with E-state index in [4.69, 9.17) is 0 Å². The molecule has 148 valence electrons. The first-order valence-electron chi connectivity index (χ1n) is 10.4. The van der Waals surface area contributed by atoms with Gasteiger partial charge in [-0.05, 0) is 67.0 Å². The van der Waals surface area contributed by atoms with Gasteiger partial charge in [-0.25, -0.2) is 0 Å². The first-order valence-corrected chi connectivity index (χ1v) is 10.4. The molecular formula is C24H30N2O2. The lowest BCUT2D eigenvalue weighted by Crippen LogP contribution is -2.52. The first-order chi connectivity index (χ1) is 13.6. The standard InChI is InChI=1S/C24H30N2O2/c1-2-25-17-21(19-6-4-3-5-7-19)16-24(18-25)12-14-26(15-13-24)23(28)20-8-10-22(27)11-9-20/h3-11,21,27H,2,12-18H2,1H3/t21-/m1/s1. The Morgan fingerprint density at radius 3 is 2.39 bits per heavy atom. The Morgan fingerprint density at radius 2 is 1.75 bits per heavy atom. The number of phenolic OH excluding ortho intramolecular Hbond substituents is 1. The molecule has 2 fully saturated rings. The lowest BCUT2D eigenvalue weighted by molar-refractivity contribution is 0.0158. The summed E-state index contributed by atoms with van der Waals surface area (Å²) in [7, 11) is 0. The largest absolute Gasteiger partial charge is 0.508 e. The Labute approximate surface area is 167 Å². The maximum absolute atomic E-state index is 12.8. The van der Waals surface area contributed by atoms with Crippen LogP contribution in [0.3, 0.4) is 0 Å². The van der Waals surface area contributed by atoms with E-state index in [0.717, 1.165) is 45.6 Å². The van der Waals surface area contributed by atoms with Crippen molar-refractivity contribution in [3.8, 4) is 5.75 Å². The van der Waals surface area contributed by atoms with Crippen molar-refractivity contribution in [1.82, 2.24) is 9.80 Å². The predicted octanol–water partition coefficient (Wildman–Crippen LogP) is 4.12. The number of benzene rings is 2. The Hall–Kier alpha value is -2.33. The number of phenols is 1. The molecule has 2 aromatic carbocycles. The van der Waals surface area contributed by atoms with E-state index in [2.05, 4.69) is 42.2 Å². The number of carbonyl (C=O) groups excluding carboxylic acids is 1. The van der Waals surface area contributed by atoms with Crippen molar-refractivity contribution in [1.29, 1.82) is 0 Å². The summed E-state index contributed by atoms with van der Waals surface area (Å²) in [6.07, 6.45) is 3.35. The molecule has 2 aromatic rings. The number of carbonyl (C=O) groups is 1. The summed E-state index contributed by atoms with van der Waals surface area (Å²) >= 11 is 0. The number of nitrogens with zero attached hydrogens (tertiary/aromatic N) is 2. The monoisotopic (exact) mass is 378 g/mol. The van der Waals surface area contributed by atoms with Gasteiger partial charge in [-0.15, -0.1) is 0 Å². The summed E-state index contributed by atoms with van der Waals surface area (Å²) in [6, 6.07) is 17.5. The van der Waals surface area contributed by atoms with Crippen LogP contribution in [0, 0.1) is 5.41 Å². The molecular weight excluding hydrogens is 348 g/mol. The number of piperidine rings is 2. The average Bonchev–Trinajstić information content (AvgIpc) is 2.74. The molecule has 0 aromatic heterocycles. The number of amides is 1. The molecule has 1 N–H and O–H groups in total. The van der Waals surface area contributed by atoms with E-state index in [1.165, 1.54) is 12.0 Å². The van der Waals surface area contributed by atoms with Gasteiger partial charge in [0.1, 0.15) is 5.75 Å². The van der Waals surface area contributed by atoms with E-state index in [1.807, 2.05) is 4.90 Å². The fourth-order valence-corrected chi connectivity index (χ4v) is 5.02. The van der Waals surface area contributed by atoms with Crippen LogP contribution in [0.25, 0.3) is 0 Å². The van der Waals surface area contributed by atoms with E-state index in [-0.39, 0.29) is 11.7 Å². The number of rotatable bonds is 3. The molecule has 1 spiro atoms. The predicted molar refractivity (Wildman–Crippen MR) is 112 cm³/mol. The second kappa shape index (κ2) is 7.96. The SMILES string of the molecule is CCN1C[C@H](c2ccccc2)CC2(CCN(C(=O)c3ccc(O)cc3)CC2)C1. The highest BCUT2D eigenvalue weighted by atomic mass is 16.3. The van der Waals surface area contributed by atoms with Crippen molar-refractivity contribution in [2.45, 2.75) is 32.1 Å². The second-order valence-electron chi connectivity index (χ2n) is 8.48. The third-order valence-corrected chi connectivity index (χ3v) is 6.66. The van der Waals surface area contributed by atoms with Crippen molar-refractivity contribution < 1.29 is 9.90 Å². The topological polar surface area (TPSA) is 43.8 Å². The van der Waals surface area contributed by atoms with E-state index < -0.39 is 0 Å². The molecule has 1 amide bonds. The highest BCUT2D eigenvalue weighted by Gasteiger charge is 2.42. The van der Waals surface area contributed by atoms with Crippen molar-refractivity contribution >= 4 is 5.91 Å². The van der Waals surface area contributed by atoms with Crippen molar-refractivity contribution in [3.63, 3.8) is 0 Å². The molecule has 2 heterocycles. The number of likely N-dealkylation sites (tertiary alicyclic amines) is 2. The van der Waals surface area contributed by atoms with E-state index in [1.54, 1.807) is 24.3 Å². The fraction of sp³-hybridized carbons (Fsp3) is 0.458. The van der Waals surface area contributed by atoms with Gasteiger partial charge >= 0.3 is 0 Å². The van der Waals surface area contributed by atoms with E-state index in [0.29, 0.717) is 16.9 Å². The van der Waals surface area contributed by atoms with Crippen LogP contribution in [-0.4, -0.2) is 53.5 Å². The number of likely N-dealkylation sites (N-methyl/N-ethyl adjacent to an activating group) is 1. The smallest absolute Gasteiger partial charge is 0.253 e. The molecule has 4 rings (SSSR count). The van der Waals surface area contributed by atoms with Gasteiger partial charge in [0.15, 0.2) is 0 Å². The van der Waals surface area contributed by atoms with Crippen LogP contribution in [-0.2, 0) is 0 Å². The van der Waals surface area contributed by atoms with Crippen LogP contribution < -0.4 is 0 Å². The molecule has 2 saturated heterocycles. The van der Waals surface area contributed by atoms with Crippen LogP contribution >= 0.6 is 0 Å². The summed E-state index contributed by atoms with van der Waals surface area (Å²) in [5, 5.41) is 9.45. The summed E-state index contributed by atoms with van der Waals surface area (Å²) < 4.78 is 0. The molecule has 2 aliphatic heterocycles. The molecule has 28 heavy (non-hydrogen) atoms. The summed E-state index contributed by atoms with van der Waals surface area (Å²) in [5.74, 6) is 0.856. The zero-order valence-electron chi connectivity index (χ0n) is 16.7. The summed E-state index contributed by atoms with van der Waals surface area (Å²) in [4.78, 5) is 17.4. The number of aromatic hydroxyl groups is 1. The zero-order chi connectivity index (χ0) is 19.6. The third-order valence-electron chi connectivity index (χ3n) is 6.66. The average molecular weight is 379 g/mol. The Bertz CT molecular complexity index is 795. The highest BCUT2D eigenvalue weighted by Crippen LogP contribution is 2.45. The summed E-state index contributed by atoms with van der Waals surface area (Å²) in [6.45, 7) is 7.26. The van der Waals surface area contributed by atoms with Gasteiger partial charge in [0.05, 0.1) is 0 Å². The van der Waals surface area contributed by atoms with Crippen LogP contribution in [0.4, 0.5) is 0 Å². The molecule has 4 heteroatoms. The second-order valence-corrected chi connectivity index (χ2v) is 8.48. The molecule has 1 atom stereocenters. The van der Waals surface area contributed by atoms with E-state index in [9.17, 15) is 9.90 Å². The molecule has 2 aliphatic rings. The maximum atomic E-state index is 12.8. The molecule has 0 aliphatic carbocycles. The zero-order valence-corrected chi connectivity index (χ0v) is 16.7. The number of hydrogen-bond acceptors (Lipinski definition) is 3. The van der Waals surface area contributed by atoms with Crippen molar-refractivity contribution in [3.05, 3.63) is 65.7 Å². The van der Waals surface area contributed by atoms with Crippen LogP contribution in [0.15, 0.2) is 54.6 Å². The molecule has 0 radical (unpaired) electrons. The van der Waals surface area contributed by atoms with Crippen LogP contribution in [0.1, 0.15) is 48.0 Å². The van der Waals surface area contributed by atoms with Crippen molar-refractivity contribution in [2.75, 3.05) is 32.7 Å². The van der Waals surface area contributed by atoms with Crippen LogP contribution in [0.5, 0.6) is 5.75 Å². The van der Waals surface area contributed by atoms with Gasteiger partial charge in [-0.1, -0.05) is 37.3 Å². The van der Waals surface area contributed by atoms with Gasteiger partial charge in [0.25, 0.3) is 5.91 Å².